The van der Waals surface area contributed by atoms with Gasteiger partial charge in [0.25, 0.3) is 11.8 Å². The average Bonchev–Trinajstić information content (AvgIpc) is 2.54. The summed E-state index contributed by atoms with van der Waals surface area (Å²) in [6, 6.07) is 10.5. The van der Waals surface area contributed by atoms with Gasteiger partial charge in [-0.05, 0) is 36.4 Å². The zero-order valence-corrected chi connectivity index (χ0v) is 15.2. The minimum atomic E-state index is -0.432. The smallest absolute Gasteiger partial charge is 0.279 e. The Morgan fingerprint density at radius 2 is 1.81 bits per heavy atom. The molecule has 1 unspecified atom stereocenters. The van der Waals surface area contributed by atoms with Crippen molar-refractivity contribution in [1.29, 1.82) is 0 Å². The van der Waals surface area contributed by atoms with Crippen molar-refractivity contribution >= 4 is 34.8 Å². The third kappa shape index (κ3) is 6.02. The van der Waals surface area contributed by atoms with Crippen LogP contribution in [-0.2, 0) is 9.59 Å². The first-order valence-corrected chi connectivity index (χ1v) is 8.25. The van der Waals surface area contributed by atoms with Crippen LogP contribution < -0.4 is 20.3 Å². The second kappa shape index (κ2) is 9.17. The third-order valence-corrected chi connectivity index (χ3v) is 3.70. The molecule has 2 rings (SSSR count). The monoisotopic (exact) mass is 380 g/mol. The number of nitrogens with one attached hydrogen (secondary N) is 3. The average molecular weight is 381 g/mol. The summed E-state index contributed by atoms with van der Waals surface area (Å²) in [5, 5.41) is 5.78. The van der Waals surface area contributed by atoms with Crippen molar-refractivity contribution in [3.8, 4) is 5.75 Å². The van der Waals surface area contributed by atoms with Gasteiger partial charge in [-0.25, -0.2) is 4.39 Å². The SMILES string of the molecule is COc1ccc(Cl)cc1NC(=O)C[NH+](C)CC(=O)Nc1cccc(F)c1. The largest absolute Gasteiger partial charge is 0.495 e. The van der Waals surface area contributed by atoms with E-state index in [1.807, 2.05) is 0 Å². The van der Waals surface area contributed by atoms with E-state index in [4.69, 9.17) is 16.3 Å². The molecule has 0 saturated heterocycles. The molecule has 0 aliphatic carbocycles. The number of halogens is 2. The van der Waals surface area contributed by atoms with Crippen LogP contribution in [0.5, 0.6) is 5.75 Å². The van der Waals surface area contributed by atoms with Gasteiger partial charge in [0.1, 0.15) is 11.6 Å². The molecule has 0 saturated carbocycles. The van der Waals surface area contributed by atoms with Gasteiger partial charge in [0.15, 0.2) is 13.1 Å². The highest BCUT2D eigenvalue weighted by molar-refractivity contribution is 6.31. The van der Waals surface area contributed by atoms with Gasteiger partial charge in [0.05, 0.1) is 19.8 Å². The molecule has 0 heterocycles. The van der Waals surface area contributed by atoms with Gasteiger partial charge in [0, 0.05) is 10.7 Å². The van der Waals surface area contributed by atoms with E-state index in [1.165, 1.54) is 25.3 Å². The highest BCUT2D eigenvalue weighted by atomic mass is 35.5. The molecule has 6 nitrogen and oxygen atoms in total. The second-order valence-corrected chi connectivity index (χ2v) is 6.20. The quantitative estimate of drug-likeness (QED) is 0.683. The molecule has 138 valence electrons. The maximum atomic E-state index is 13.1. The zero-order chi connectivity index (χ0) is 19.1. The van der Waals surface area contributed by atoms with Crippen LogP contribution in [0.2, 0.25) is 5.02 Å². The van der Waals surface area contributed by atoms with Crippen LogP contribution in [0.15, 0.2) is 42.5 Å². The van der Waals surface area contributed by atoms with E-state index in [-0.39, 0.29) is 24.9 Å². The van der Waals surface area contributed by atoms with E-state index in [0.717, 1.165) is 0 Å². The fraction of sp³-hybridized carbons (Fsp3) is 0.222. The highest BCUT2D eigenvalue weighted by Gasteiger charge is 2.16. The Labute approximate surface area is 155 Å². The molecule has 0 aromatic heterocycles. The zero-order valence-electron chi connectivity index (χ0n) is 14.4. The number of amides is 2. The summed E-state index contributed by atoms with van der Waals surface area (Å²) in [6.45, 7) is 0.114. The molecule has 8 heteroatoms. The molecule has 0 fully saturated rings. The van der Waals surface area contributed by atoms with Crippen LogP contribution in [0.3, 0.4) is 0 Å². The molecule has 0 radical (unpaired) electrons. The van der Waals surface area contributed by atoms with E-state index in [9.17, 15) is 14.0 Å². The highest BCUT2D eigenvalue weighted by Crippen LogP contribution is 2.27. The molecule has 2 aromatic carbocycles. The van der Waals surface area contributed by atoms with Crippen molar-refractivity contribution in [3.05, 3.63) is 53.3 Å². The molecule has 0 bridgehead atoms. The van der Waals surface area contributed by atoms with Crippen molar-refractivity contribution in [2.24, 2.45) is 0 Å². The Morgan fingerprint density at radius 3 is 2.46 bits per heavy atom. The van der Waals surface area contributed by atoms with Crippen molar-refractivity contribution in [2.45, 2.75) is 0 Å². The number of likely N-dealkylation sites (N-methyl/N-ethyl adjacent to an activating group) is 1. The fourth-order valence-electron chi connectivity index (χ4n) is 2.35. The number of rotatable bonds is 7. The van der Waals surface area contributed by atoms with E-state index in [1.54, 1.807) is 31.3 Å². The van der Waals surface area contributed by atoms with E-state index in [2.05, 4.69) is 10.6 Å². The third-order valence-electron chi connectivity index (χ3n) is 3.47. The Bertz CT molecular complexity index is 801. The Kier molecular flexibility index (Phi) is 6.94. The summed E-state index contributed by atoms with van der Waals surface area (Å²) in [6.07, 6.45) is 0. The molecule has 1 atom stereocenters. The van der Waals surface area contributed by atoms with Crippen molar-refractivity contribution in [1.82, 2.24) is 0 Å². The summed E-state index contributed by atoms with van der Waals surface area (Å²) in [4.78, 5) is 24.8. The molecular weight excluding hydrogens is 361 g/mol. The minimum absolute atomic E-state index is 0.0522. The molecular formula is C18H20ClFN3O3+. The number of carbonyl (C=O) groups excluding carboxylic acids is 2. The first kappa shape index (κ1) is 19.7. The lowest BCUT2D eigenvalue weighted by atomic mass is 10.3. The minimum Gasteiger partial charge on any atom is -0.495 e. The first-order valence-electron chi connectivity index (χ1n) is 7.87. The molecule has 0 spiro atoms. The summed E-state index contributed by atoms with van der Waals surface area (Å²) >= 11 is 5.93. The maximum Gasteiger partial charge on any atom is 0.279 e. The summed E-state index contributed by atoms with van der Waals surface area (Å²) < 4.78 is 18.3. The number of ether oxygens (including phenoxy) is 1. The molecule has 2 amide bonds. The molecule has 0 aliphatic heterocycles. The van der Waals surface area contributed by atoms with E-state index >= 15 is 0 Å². The normalized spacial score (nSPS) is 11.5. The van der Waals surface area contributed by atoms with Gasteiger partial charge < -0.3 is 20.3 Å². The Hall–Kier alpha value is -2.64. The fourth-order valence-corrected chi connectivity index (χ4v) is 2.53. The number of hydrogen-bond donors (Lipinski definition) is 3. The van der Waals surface area contributed by atoms with Gasteiger partial charge in [-0.15, -0.1) is 0 Å². The van der Waals surface area contributed by atoms with Crippen LogP contribution >= 0.6 is 11.6 Å². The van der Waals surface area contributed by atoms with Gasteiger partial charge in [-0.1, -0.05) is 17.7 Å². The van der Waals surface area contributed by atoms with Gasteiger partial charge in [-0.3, -0.25) is 9.59 Å². The van der Waals surface area contributed by atoms with Crippen LogP contribution in [0, 0.1) is 5.82 Å². The van der Waals surface area contributed by atoms with Gasteiger partial charge >= 0.3 is 0 Å². The molecule has 26 heavy (non-hydrogen) atoms. The molecule has 2 aromatic rings. The summed E-state index contributed by atoms with van der Waals surface area (Å²) in [7, 11) is 3.20. The first-order chi connectivity index (χ1) is 12.4. The Morgan fingerprint density at radius 1 is 1.12 bits per heavy atom. The Balaban J connectivity index is 1.87. The number of carbonyl (C=O) groups is 2. The summed E-state index contributed by atoms with van der Waals surface area (Å²) in [5.41, 5.74) is 0.831. The maximum absolute atomic E-state index is 13.1. The predicted octanol–water partition coefficient (Wildman–Crippen LogP) is 1.58. The van der Waals surface area contributed by atoms with Crippen LogP contribution in [0.4, 0.5) is 15.8 Å². The van der Waals surface area contributed by atoms with Crippen LogP contribution in [-0.4, -0.2) is 39.1 Å². The summed E-state index contributed by atoms with van der Waals surface area (Å²) in [5.74, 6) is -0.551. The van der Waals surface area contributed by atoms with Crippen molar-refractivity contribution in [2.75, 3.05) is 37.9 Å². The lowest BCUT2D eigenvalue weighted by Crippen LogP contribution is -3.11. The lowest BCUT2D eigenvalue weighted by molar-refractivity contribution is -0.862. The number of methoxy groups -OCH3 is 1. The van der Waals surface area contributed by atoms with Crippen LogP contribution in [0.1, 0.15) is 0 Å². The van der Waals surface area contributed by atoms with E-state index < -0.39 is 5.82 Å². The second-order valence-electron chi connectivity index (χ2n) is 5.76. The number of hydrogen-bond acceptors (Lipinski definition) is 3. The number of anilines is 2. The van der Waals surface area contributed by atoms with Crippen LogP contribution in [0.25, 0.3) is 0 Å². The van der Waals surface area contributed by atoms with Crippen molar-refractivity contribution < 1.29 is 23.6 Å². The van der Waals surface area contributed by atoms with Crippen molar-refractivity contribution in [3.63, 3.8) is 0 Å². The predicted molar refractivity (Wildman–Crippen MR) is 98.3 cm³/mol. The molecule has 3 N–H and O–H groups in total. The molecule has 0 aliphatic rings. The topological polar surface area (TPSA) is 71.9 Å². The lowest BCUT2D eigenvalue weighted by Gasteiger charge is -2.15. The number of quaternary nitrogens is 1. The standard InChI is InChI=1S/C18H19ClFN3O3/c1-23(10-17(24)21-14-5-3-4-13(20)9-14)11-18(25)22-15-8-12(19)6-7-16(15)26-2/h3-9H,10-11H2,1-2H3,(H,21,24)(H,22,25)/p+1. The van der Waals surface area contributed by atoms with E-state index in [0.29, 0.717) is 27.0 Å². The van der Waals surface area contributed by atoms with Gasteiger partial charge in [0.2, 0.25) is 0 Å². The van der Waals surface area contributed by atoms with Gasteiger partial charge in [-0.2, -0.15) is 0 Å². The number of benzene rings is 2.